The Morgan fingerprint density at radius 1 is 0.631 bits per heavy atom. The first-order valence-electron chi connectivity index (χ1n) is 24.3. The molecular formula is C48H80O17. The quantitative estimate of drug-likeness (QED) is 0.117. The molecule has 4 saturated carbocycles. The maximum absolute atomic E-state index is 12.6. The highest BCUT2D eigenvalue weighted by molar-refractivity contribution is 5.37. The lowest BCUT2D eigenvalue weighted by atomic mass is 9.32. The number of hydrogen-bond donors (Lipinski definition) is 11. The molecule has 27 atom stereocenters. The minimum absolute atomic E-state index is 0.0363. The molecule has 8 aliphatic rings. The van der Waals surface area contributed by atoms with Crippen LogP contribution in [-0.4, -0.2) is 180 Å². The molecule has 0 amide bonds. The molecule has 11 N–H and O–H groups in total. The molecule has 5 aliphatic carbocycles. The lowest BCUT2D eigenvalue weighted by Gasteiger charge is -2.73. The average Bonchev–Trinajstić information content (AvgIpc) is 3.24. The van der Waals surface area contributed by atoms with E-state index >= 15 is 0 Å². The number of hydrogen-bond acceptors (Lipinski definition) is 17. The van der Waals surface area contributed by atoms with Crippen LogP contribution in [0.25, 0.3) is 0 Å². The van der Waals surface area contributed by atoms with E-state index in [1.807, 2.05) is 0 Å². The highest BCUT2D eigenvalue weighted by Crippen LogP contribution is 2.76. The predicted octanol–water partition coefficient (Wildman–Crippen LogP) is 0.467. The van der Waals surface area contributed by atoms with E-state index in [1.165, 1.54) is 12.5 Å². The Morgan fingerprint density at radius 2 is 1.22 bits per heavy atom. The van der Waals surface area contributed by atoms with Gasteiger partial charge in [-0.2, -0.15) is 0 Å². The van der Waals surface area contributed by atoms with E-state index in [1.54, 1.807) is 6.92 Å². The number of aliphatic hydroxyl groups is 11. The standard InChI is InChI=1S/C48H80O17/c1-20-10-15-48(19-50)28(52)17-47(9)24(30(48)21(20)2)16-25(51)40-45(7)13-12-29(44(5,6)27(45)11-14-46(40,47)8)63-42-38(35(57)32(54)23(4)61-42)65-43-39(36(58)33(55)26(18-49)62-43)64-41-37(59)34(56)31(53)22(3)60-41/h16,20-23,25-43,49-59H,10-15,17-19H2,1-9H3/t20-,21+,22+,23-,25-,26-,27-,28-,29+,30-,31+,32+,33-,34-,35+,36+,37-,38-,39-,40-,41+,42+,43+,45+,46-,47-,48+/m1/s1. The van der Waals surface area contributed by atoms with Gasteiger partial charge in [0.1, 0.15) is 61.0 Å². The van der Waals surface area contributed by atoms with Gasteiger partial charge in [-0.05, 0) is 104 Å². The summed E-state index contributed by atoms with van der Waals surface area (Å²) in [5.41, 5.74) is -1.17. The fourth-order valence-corrected chi connectivity index (χ4v) is 15.5. The molecule has 0 bridgehead atoms. The van der Waals surface area contributed by atoms with E-state index in [9.17, 15) is 56.2 Å². The van der Waals surface area contributed by atoms with Crippen LogP contribution in [0.15, 0.2) is 11.6 Å². The predicted molar refractivity (Wildman–Crippen MR) is 230 cm³/mol. The van der Waals surface area contributed by atoms with Crippen molar-refractivity contribution in [2.75, 3.05) is 13.2 Å². The van der Waals surface area contributed by atoms with Crippen LogP contribution in [0.3, 0.4) is 0 Å². The summed E-state index contributed by atoms with van der Waals surface area (Å²) < 4.78 is 37.0. The molecule has 0 aromatic heterocycles. The van der Waals surface area contributed by atoms with Gasteiger partial charge in [0.05, 0.1) is 43.7 Å². The minimum Gasteiger partial charge on any atom is -0.396 e. The van der Waals surface area contributed by atoms with Gasteiger partial charge in [0.15, 0.2) is 18.9 Å². The lowest BCUT2D eigenvalue weighted by Crippen LogP contribution is -2.70. The summed E-state index contributed by atoms with van der Waals surface area (Å²) in [6.07, 6.45) is -17.4. The third-order valence-electron chi connectivity index (χ3n) is 19.7. The summed E-state index contributed by atoms with van der Waals surface area (Å²) >= 11 is 0. The molecule has 0 aromatic carbocycles. The van der Waals surface area contributed by atoms with Gasteiger partial charge in [0.25, 0.3) is 0 Å². The van der Waals surface area contributed by atoms with Gasteiger partial charge in [-0.3, -0.25) is 0 Å². The van der Waals surface area contributed by atoms with Gasteiger partial charge in [-0.25, -0.2) is 0 Å². The summed E-state index contributed by atoms with van der Waals surface area (Å²) in [6.45, 7) is 17.9. The van der Waals surface area contributed by atoms with Gasteiger partial charge < -0.3 is 84.6 Å². The fraction of sp³-hybridized carbons (Fsp3) is 0.958. The Bertz CT molecular complexity index is 1730. The zero-order chi connectivity index (χ0) is 47.7. The van der Waals surface area contributed by atoms with Crippen molar-refractivity contribution in [1.29, 1.82) is 0 Å². The Kier molecular flexibility index (Phi) is 13.8. The van der Waals surface area contributed by atoms with Crippen LogP contribution in [0.5, 0.6) is 0 Å². The summed E-state index contributed by atoms with van der Waals surface area (Å²) in [6, 6.07) is 0. The monoisotopic (exact) mass is 929 g/mol. The van der Waals surface area contributed by atoms with Crippen LogP contribution < -0.4 is 0 Å². The molecule has 374 valence electrons. The largest absolute Gasteiger partial charge is 0.396 e. The van der Waals surface area contributed by atoms with Gasteiger partial charge in [-0.15, -0.1) is 0 Å². The first kappa shape index (κ1) is 50.4. The van der Waals surface area contributed by atoms with Gasteiger partial charge in [-0.1, -0.05) is 60.1 Å². The third-order valence-corrected chi connectivity index (χ3v) is 19.7. The van der Waals surface area contributed by atoms with Gasteiger partial charge in [0, 0.05) is 11.3 Å². The smallest absolute Gasteiger partial charge is 0.187 e. The maximum Gasteiger partial charge on any atom is 0.187 e. The van der Waals surface area contributed by atoms with Crippen LogP contribution in [0.4, 0.5) is 0 Å². The van der Waals surface area contributed by atoms with Crippen LogP contribution >= 0.6 is 0 Å². The number of fused-ring (bicyclic) bond motifs is 7. The van der Waals surface area contributed by atoms with Crippen molar-refractivity contribution >= 4 is 0 Å². The molecule has 8 rings (SSSR count). The molecule has 0 aromatic rings. The molecule has 3 saturated heterocycles. The summed E-state index contributed by atoms with van der Waals surface area (Å²) in [7, 11) is 0. The highest BCUT2D eigenvalue weighted by Gasteiger charge is 2.72. The zero-order valence-electron chi connectivity index (χ0n) is 39.6. The van der Waals surface area contributed by atoms with Gasteiger partial charge >= 0.3 is 0 Å². The van der Waals surface area contributed by atoms with E-state index in [-0.39, 0.29) is 41.1 Å². The van der Waals surface area contributed by atoms with Crippen LogP contribution in [0.1, 0.15) is 107 Å². The molecular weight excluding hydrogens is 849 g/mol. The Labute approximate surface area is 383 Å². The van der Waals surface area contributed by atoms with Crippen molar-refractivity contribution in [3.63, 3.8) is 0 Å². The minimum atomic E-state index is -1.81. The van der Waals surface area contributed by atoms with Crippen LogP contribution in [0.2, 0.25) is 0 Å². The third kappa shape index (κ3) is 7.58. The second kappa shape index (κ2) is 17.7. The van der Waals surface area contributed by atoms with Gasteiger partial charge in [0.2, 0.25) is 0 Å². The van der Waals surface area contributed by atoms with E-state index in [0.717, 1.165) is 25.7 Å². The number of aliphatic hydroxyl groups excluding tert-OH is 11. The van der Waals surface area contributed by atoms with E-state index in [0.29, 0.717) is 25.2 Å². The second-order valence-electron chi connectivity index (χ2n) is 23.2. The molecule has 0 spiro atoms. The van der Waals surface area contributed by atoms with Crippen molar-refractivity contribution in [3.8, 4) is 0 Å². The topological polar surface area (TPSA) is 278 Å². The molecule has 17 nitrogen and oxygen atoms in total. The SMILES string of the molecule is C[C@H]1[C@H](C)CC[C@]2(CO)[C@H](O)C[C@]3(C)C(=C[C@@H](O)[C@@H]4[C@@]5(C)CC[C@H](O[C@@H]6O[C@H](C)[C@H](O)[C@H](O)[C@H]6O[C@@H]6O[C@H](CO)[C@@H](O)[C@H](O)[C@H]6O[C@@H]6O[C@@H](C)[C@H](O)[C@@H](O)[C@H]6O)C(C)(C)[C@H]5CC[C@]43C)[C@@H]12. The first-order chi connectivity index (χ1) is 30.3. The second-order valence-corrected chi connectivity index (χ2v) is 23.2. The Hall–Kier alpha value is -0.940. The van der Waals surface area contributed by atoms with Crippen molar-refractivity contribution in [3.05, 3.63) is 11.6 Å². The number of rotatable bonds is 8. The van der Waals surface area contributed by atoms with Crippen LogP contribution in [-0.2, 0) is 28.4 Å². The van der Waals surface area contributed by atoms with Crippen molar-refractivity contribution in [2.45, 2.75) is 218 Å². The van der Waals surface area contributed by atoms with Crippen molar-refractivity contribution in [2.24, 2.45) is 56.7 Å². The molecule has 0 radical (unpaired) electrons. The van der Waals surface area contributed by atoms with E-state index in [4.69, 9.17) is 28.4 Å². The number of ether oxygens (including phenoxy) is 6. The molecule has 65 heavy (non-hydrogen) atoms. The average molecular weight is 929 g/mol. The van der Waals surface area contributed by atoms with Crippen LogP contribution in [0, 0.1) is 56.7 Å². The molecule has 3 heterocycles. The molecule has 3 aliphatic heterocycles. The lowest BCUT2D eigenvalue weighted by molar-refractivity contribution is -0.396. The highest BCUT2D eigenvalue weighted by atomic mass is 16.8. The van der Waals surface area contributed by atoms with Crippen molar-refractivity contribution < 1.29 is 84.6 Å². The molecule has 7 fully saturated rings. The molecule has 0 unspecified atom stereocenters. The van der Waals surface area contributed by atoms with E-state index < -0.39 is 133 Å². The fourth-order valence-electron chi connectivity index (χ4n) is 15.5. The zero-order valence-corrected chi connectivity index (χ0v) is 39.6. The number of allylic oxidation sites excluding steroid dienone is 1. The molecule has 17 heteroatoms. The maximum atomic E-state index is 12.6. The summed E-state index contributed by atoms with van der Waals surface area (Å²) in [5.74, 6) is 0.463. The normalized spacial score (nSPS) is 57.8. The summed E-state index contributed by atoms with van der Waals surface area (Å²) in [4.78, 5) is 0. The first-order valence-corrected chi connectivity index (χ1v) is 24.3. The summed E-state index contributed by atoms with van der Waals surface area (Å²) in [5, 5.41) is 122. The Morgan fingerprint density at radius 3 is 1.85 bits per heavy atom. The van der Waals surface area contributed by atoms with Crippen molar-refractivity contribution in [1.82, 2.24) is 0 Å². The van der Waals surface area contributed by atoms with E-state index in [2.05, 4.69) is 54.5 Å². The Balaban J connectivity index is 1.06.